The Balaban J connectivity index is 2.28. The molecule has 2 aromatic rings. The fraction of sp³-hybridized carbons (Fsp3) is 0. The van der Waals surface area contributed by atoms with Gasteiger partial charge in [0.15, 0.2) is 0 Å². The second-order valence-corrected chi connectivity index (χ2v) is 4.81. The van der Waals surface area contributed by atoms with E-state index >= 15 is 0 Å². The summed E-state index contributed by atoms with van der Waals surface area (Å²) in [7, 11) is 0. The molecule has 0 spiro atoms. The zero-order valence-corrected chi connectivity index (χ0v) is 11.1. The maximum absolute atomic E-state index is 12.1. The summed E-state index contributed by atoms with van der Waals surface area (Å²) in [5.41, 5.74) is 5.41. The molecule has 0 aliphatic carbocycles. The molecule has 8 heteroatoms. The second-order valence-electron chi connectivity index (χ2n) is 3.47. The Labute approximate surface area is 117 Å². The Bertz CT molecular complexity index is 615. The summed E-state index contributed by atoms with van der Waals surface area (Å²) in [6.45, 7) is 0. The first-order chi connectivity index (χ1) is 9.06. The van der Waals surface area contributed by atoms with Gasteiger partial charge in [-0.05, 0) is 23.6 Å². The number of nitrogens with two attached hydrogens (primary N) is 1. The highest BCUT2D eigenvalue weighted by molar-refractivity contribution is 7.14. The van der Waals surface area contributed by atoms with E-state index in [0.717, 1.165) is 0 Å². The molecule has 0 radical (unpaired) electrons. The zero-order chi connectivity index (χ0) is 13.8. The lowest BCUT2D eigenvalue weighted by molar-refractivity contribution is 0.102. The number of urea groups is 1. The first-order valence-corrected chi connectivity index (χ1v) is 6.39. The van der Waals surface area contributed by atoms with Gasteiger partial charge in [0.1, 0.15) is 5.15 Å². The number of amides is 3. The Morgan fingerprint density at radius 1 is 1.37 bits per heavy atom. The highest BCUT2D eigenvalue weighted by Crippen LogP contribution is 2.21. The van der Waals surface area contributed by atoms with E-state index in [9.17, 15) is 9.59 Å². The van der Waals surface area contributed by atoms with Gasteiger partial charge < -0.3 is 16.4 Å². The van der Waals surface area contributed by atoms with Crippen LogP contribution in [0.15, 0.2) is 29.8 Å². The molecule has 3 amide bonds. The van der Waals surface area contributed by atoms with Crippen molar-refractivity contribution in [2.24, 2.45) is 5.73 Å². The summed E-state index contributed by atoms with van der Waals surface area (Å²) in [5.74, 6) is -0.407. The molecule has 0 atom stereocenters. The number of anilines is 2. The van der Waals surface area contributed by atoms with Crippen molar-refractivity contribution in [3.05, 3.63) is 40.5 Å². The molecule has 2 heterocycles. The number of carbonyl (C=O) groups is 2. The van der Waals surface area contributed by atoms with Gasteiger partial charge >= 0.3 is 6.03 Å². The van der Waals surface area contributed by atoms with E-state index in [1.165, 1.54) is 23.6 Å². The number of nitrogens with zero attached hydrogens (tertiary/aromatic N) is 1. The van der Waals surface area contributed by atoms with Crippen LogP contribution in [0, 0.1) is 0 Å². The minimum Gasteiger partial charge on any atom is -0.351 e. The molecule has 0 unspecified atom stereocenters. The predicted molar refractivity (Wildman–Crippen MR) is 74.7 cm³/mol. The van der Waals surface area contributed by atoms with Crippen LogP contribution in [0.4, 0.5) is 15.5 Å². The standard InChI is InChI=1S/C11H9ClN4O2S/c12-8-4-6(7(5-14-8)15-11(13)18)10(17)16-9-2-1-3-19-9/h1-5H,(H,16,17)(H3,13,15,18). The van der Waals surface area contributed by atoms with Gasteiger partial charge in [0, 0.05) is 0 Å². The molecule has 0 fully saturated rings. The lowest BCUT2D eigenvalue weighted by atomic mass is 10.2. The van der Waals surface area contributed by atoms with Crippen LogP contribution >= 0.6 is 22.9 Å². The van der Waals surface area contributed by atoms with Gasteiger partial charge in [-0.1, -0.05) is 11.6 Å². The number of halogens is 1. The van der Waals surface area contributed by atoms with Crippen molar-refractivity contribution in [1.82, 2.24) is 4.98 Å². The van der Waals surface area contributed by atoms with Crippen LogP contribution in [0.25, 0.3) is 0 Å². The van der Waals surface area contributed by atoms with Crippen molar-refractivity contribution in [3.63, 3.8) is 0 Å². The van der Waals surface area contributed by atoms with Gasteiger partial charge in [-0.2, -0.15) is 0 Å². The van der Waals surface area contributed by atoms with Gasteiger partial charge in [-0.3, -0.25) is 4.79 Å². The number of hydrogen-bond acceptors (Lipinski definition) is 4. The number of aromatic nitrogens is 1. The minimum atomic E-state index is -0.783. The Morgan fingerprint density at radius 2 is 2.16 bits per heavy atom. The number of pyridine rings is 1. The molecule has 2 rings (SSSR count). The van der Waals surface area contributed by atoms with E-state index in [1.807, 2.05) is 11.4 Å². The van der Waals surface area contributed by atoms with Crippen molar-refractivity contribution in [2.75, 3.05) is 10.6 Å². The van der Waals surface area contributed by atoms with E-state index in [-0.39, 0.29) is 16.4 Å². The van der Waals surface area contributed by atoms with Crippen molar-refractivity contribution >= 4 is 45.6 Å². The Kier molecular flexibility index (Phi) is 3.98. The SMILES string of the molecule is NC(=O)Nc1cnc(Cl)cc1C(=O)Nc1cccs1. The van der Waals surface area contributed by atoms with Gasteiger partial charge in [-0.25, -0.2) is 9.78 Å². The third kappa shape index (κ3) is 3.43. The molecule has 0 aliphatic heterocycles. The second kappa shape index (κ2) is 5.68. The van der Waals surface area contributed by atoms with Crippen LogP contribution in [-0.2, 0) is 0 Å². The van der Waals surface area contributed by atoms with Gasteiger partial charge in [0.2, 0.25) is 0 Å². The largest absolute Gasteiger partial charge is 0.351 e. The maximum atomic E-state index is 12.1. The smallest absolute Gasteiger partial charge is 0.316 e. The molecule has 0 bridgehead atoms. The molecule has 2 aromatic heterocycles. The monoisotopic (exact) mass is 296 g/mol. The first-order valence-electron chi connectivity index (χ1n) is 5.13. The average Bonchev–Trinajstić information content (AvgIpc) is 2.83. The molecule has 0 aromatic carbocycles. The summed E-state index contributed by atoms with van der Waals surface area (Å²) in [6.07, 6.45) is 1.27. The van der Waals surface area contributed by atoms with Crippen LogP contribution in [0.1, 0.15) is 10.4 Å². The lowest BCUT2D eigenvalue weighted by Gasteiger charge is -2.09. The summed E-state index contributed by atoms with van der Waals surface area (Å²) < 4.78 is 0. The van der Waals surface area contributed by atoms with E-state index in [4.69, 9.17) is 17.3 Å². The van der Waals surface area contributed by atoms with E-state index < -0.39 is 11.9 Å². The Hall–Kier alpha value is -2.12. The number of hydrogen-bond donors (Lipinski definition) is 3. The molecule has 6 nitrogen and oxygen atoms in total. The summed E-state index contributed by atoms with van der Waals surface area (Å²) >= 11 is 7.12. The Morgan fingerprint density at radius 3 is 2.79 bits per heavy atom. The number of thiophene rings is 1. The molecule has 0 saturated carbocycles. The maximum Gasteiger partial charge on any atom is 0.316 e. The molecule has 98 valence electrons. The highest BCUT2D eigenvalue weighted by atomic mass is 35.5. The van der Waals surface area contributed by atoms with Crippen molar-refractivity contribution in [2.45, 2.75) is 0 Å². The molecule has 4 N–H and O–H groups in total. The fourth-order valence-electron chi connectivity index (χ4n) is 1.38. The third-order valence-electron chi connectivity index (χ3n) is 2.13. The quantitative estimate of drug-likeness (QED) is 0.759. The molecular weight excluding hydrogens is 288 g/mol. The van der Waals surface area contributed by atoms with Crippen LogP contribution in [0.2, 0.25) is 5.15 Å². The number of nitrogens with one attached hydrogen (secondary N) is 2. The van der Waals surface area contributed by atoms with Crippen molar-refractivity contribution in [1.29, 1.82) is 0 Å². The lowest BCUT2D eigenvalue weighted by Crippen LogP contribution is -2.22. The summed E-state index contributed by atoms with van der Waals surface area (Å²) in [6, 6.07) is 4.14. The number of carbonyl (C=O) groups excluding carboxylic acids is 2. The van der Waals surface area contributed by atoms with Crippen LogP contribution < -0.4 is 16.4 Å². The highest BCUT2D eigenvalue weighted by Gasteiger charge is 2.14. The zero-order valence-electron chi connectivity index (χ0n) is 9.51. The molecular formula is C11H9ClN4O2S. The van der Waals surface area contributed by atoms with Crippen molar-refractivity contribution < 1.29 is 9.59 Å². The van der Waals surface area contributed by atoms with E-state index in [2.05, 4.69) is 15.6 Å². The number of rotatable bonds is 3. The van der Waals surface area contributed by atoms with E-state index in [0.29, 0.717) is 5.00 Å². The first kappa shape index (κ1) is 13.3. The van der Waals surface area contributed by atoms with Gasteiger partial charge in [-0.15, -0.1) is 11.3 Å². The number of primary amides is 1. The molecule has 19 heavy (non-hydrogen) atoms. The predicted octanol–water partition coefficient (Wildman–Crippen LogP) is 2.54. The normalized spacial score (nSPS) is 9.95. The van der Waals surface area contributed by atoms with Crippen LogP contribution in [0.5, 0.6) is 0 Å². The van der Waals surface area contributed by atoms with Gasteiger partial charge in [0.05, 0.1) is 22.4 Å². The van der Waals surface area contributed by atoms with Crippen LogP contribution in [0.3, 0.4) is 0 Å². The van der Waals surface area contributed by atoms with Crippen molar-refractivity contribution in [3.8, 4) is 0 Å². The summed E-state index contributed by atoms with van der Waals surface area (Å²) in [5, 5.41) is 7.66. The van der Waals surface area contributed by atoms with Crippen LogP contribution in [-0.4, -0.2) is 16.9 Å². The summed E-state index contributed by atoms with van der Waals surface area (Å²) in [4.78, 5) is 26.7. The van der Waals surface area contributed by atoms with Gasteiger partial charge in [0.25, 0.3) is 5.91 Å². The third-order valence-corrected chi connectivity index (χ3v) is 3.12. The minimum absolute atomic E-state index is 0.145. The molecule has 0 aliphatic rings. The topological polar surface area (TPSA) is 97.1 Å². The fourth-order valence-corrected chi connectivity index (χ4v) is 2.15. The van der Waals surface area contributed by atoms with E-state index in [1.54, 1.807) is 6.07 Å². The molecule has 0 saturated heterocycles. The average molecular weight is 297 g/mol.